The summed E-state index contributed by atoms with van der Waals surface area (Å²) in [6.07, 6.45) is 0. The van der Waals surface area contributed by atoms with Gasteiger partial charge in [0, 0.05) is 10.9 Å². The second kappa shape index (κ2) is 4.45. The molecule has 1 nitrogen and oxygen atoms in total. The van der Waals surface area contributed by atoms with Crippen LogP contribution in [-0.2, 0) is 6.61 Å². The van der Waals surface area contributed by atoms with Crippen molar-refractivity contribution < 1.29 is 9.13 Å². The molecule has 0 bridgehead atoms. The topological polar surface area (TPSA) is 9.23 Å². The normalized spacial score (nSPS) is 10.3. The van der Waals surface area contributed by atoms with Crippen molar-refractivity contribution in [1.29, 1.82) is 0 Å². The average Bonchev–Trinajstić information content (AvgIpc) is 2.73. The SMILES string of the molecule is Cc1ccc(OCc2cccs2)cc1F. The van der Waals surface area contributed by atoms with E-state index in [0.717, 1.165) is 4.88 Å². The fraction of sp³-hybridized carbons (Fsp3) is 0.167. The zero-order valence-electron chi connectivity index (χ0n) is 8.37. The molecule has 2 rings (SSSR count). The molecule has 0 aliphatic carbocycles. The lowest BCUT2D eigenvalue weighted by Gasteiger charge is -2.05. The van der Waals surface area contributed by atoms with Gasteiger partial charge in [-0.1, -0.05) is 12.1 Å². The van der Waals surface area contributed by atoms with E-state index in [4.69, 9.17) is 4.74 Å². The molecular formula is C12H11FOS. The van der Waals surface area contributed by atoms with E-state index < -0.39 is 0 Å². The number of hydrogen-bond donors (Lipinski definition) is 0. The molecule has 0 unspecified atom stereocenters. The Morgan fingerprint density at radius 1 is 1.33 bits per heavy atom. The standard InChI is InChI=1S/C12H11FOS/c1-9-4-5-10(7-12(9)13)14-8-11-3-2-6-15-11/h2-7H,8H2,1H3. The van der Waals surface area contributed by atoms with Crippen LogP contribution in [0, 0.1) is 12.7 Å². The molecule has 3 heteroatoms. The summed E-state index contributed by atoms with van der Waals surface area (Å²) in [5.41, 5.74) is 0.637. The van der Waals surface area contributed by atoms with E-state index in [1.807, 2.05) is 17.5 Å². The van der Waals surface area contributed by atoms with E-state index in [1.54, 1.807) is 30.4 Å². The molecule has 0 N–H and O–H groups in total. The third kappa shape index (κ3) is 2.57. The number of benzene rings is 1. The maximum atomic E-state index is 13.2. The summed E-state index contributed by atoms with van der Waals surface area (Å²) in [4.78, 5) is 1.14. The molecule has 0 aliphatic heterocycles. The largest absolute Gasteiger partial charge is 0.488 e. The third-order valence-corrected chi connectivity index (χ3v) is 2.95. The van der Waals surface area contributed by atoms with Crippen LogP contribution < -0.4 is 4.74 Å². The molecule has 0 saturated carbocycles. The average molecular weight is 222 g/mol. The second-order valence-corrected chi connectivity index (χ2v) is 4.31. The molecule has 1 aromatic carbocycles. The number of hydrogen-bond acceptors (Lipinski definition) is 2. The molecule has 0 aliphatic rings. The molecule has 15 heavy (non-hydrogen) atoms. The third-order valence-electron chi connectivity index (χ3n) is 2.10. The van der Waals surface area contributed by atoms with Crippen molar-refractivity contribution in [2.75, 3.05) is 0 Å². The molecule has 0 saturated heterocycles. The van der Waals surface area contributed by atoms with Crippen LogP contribution >= 0.6 is 11.3 Å². The predicted octanol–water partition coefficient (Wildman–Crippen LogP) is 3.77. The molecule has 0 atom stereocenters. The predicted molar refractivity (Wildman–Crippen MR) is 59.8 cm³/mol. The summed E-state index contributed by atoms with van der Waals surface area (Å²) >= 11 is 1.63. The lowest BCUT2D eigenvalue weighted by molar-refractivity contribution is 0.308. The summed E-state index contributed by atoms with van der Waals surface area (Å²) in [5.74, 6) is 0.352. The molecule has 0 spiro atoms. The van der Waals surface area contributed by atoms with Gasteiger partial charge in [0.15, 0.2) is 0 Å². The Kier molecular flexibility index (Phi) is 3.02. The van der Waals surface area contributed by atoms with E-state index in [-0.39, 0.29) is 5.82 Å². The zero-order chi connectivity index (χ0) is 10.7. The van der Waals surface area contributed by atoms with Crippen LogP contribution in [0.1, 0.15) is 10.4 Å². The molecule has 0 amide bonds. The van der Waals surface area contributed by atoms with Crippen molar-refractivity contribution in [3.63, 3.8) is 0 Å². The van der Waals surface area contributed by atoms with Gasteiger partial charge in [0.05, 0.1) is 0 Å². The Morgan fingerprint density at radius 2 is 2.20 bits per heavy atom. The molecular weight excluding hydrogens is 211 g/mol. The van der Waals surface area contributed by atoms with Gasteiger partial charge in [-0.25, -0.2) is 4.39 Å². The summed E-state index contributed by atoms with van der Waals surface area (Å²) < 4.78 is 18.6. The first-order chi connectivity index (χ1) is 7.25. The smallest absolute Gasteiger partial charge is 0.129 e. The van der Waals surface area contributed by atoms with E-state index in [2.05, 4.69) is 0 Å². The van der Waals surface area contributed by atoms with Gasteiger partial charge < -0.3 is 4.74 Å². The first-order valence-corrected chi connectivity index (χ1v) is 5.55. The van der Waals surface area contributed by atoms with Crippen LogP contribution in [-0.4, -0.2) is 0 Å². The van der Waals surface area contributed by atoms with Gasteiger partial charge in [0.25, 0.3) is 0 Å². The number of ether oxygens (including phenoxy) is 1. The lowest BCUT2D eigenvalue weighted by atomic mass is 10.2. The Bertz CT molecular complexity index is 437. The molecule has 0 fully saturated rings. The zero-order valence-corrected chi connectivity index (χ0v) is 9.18. The highest BCUT2D eigenvalue weighted by molar-refractivity contribution is 7.09. The van der Waals surface area contributed by atoms with Crippen LogP contribution in [0.4, 0.5) is 4.39 Å². The van der Waals surface area contributed by atoms with Crippen molar-refractivity contribution in [3.05, 3.63) is 52.0 Å². The van der Waals surface area contributed by atoms with Gasteiger partial charge in [-0.3, -0.25) is 0 Å². The minimum Gasteiger partial charge on any atom is -0.488 e. The van der Waals surface area contributed by atoms with Crippen LogP contribution in [0.15, 0.2) is 35.7 Å². The van der Waals surface area contributed by atoms with Crippen molar-refractivity contribution in [3.8, 4) is 5.75 Å². The molecule has 1 aromatic heterocycles. The number of aryl methyl sites for hydroxylation is 1. The highest BCUT2D eigenvalue weighted by atomic mass is 32.1. The van der Waals surface area contributed by atoms with Crippen LogP contribution in [0.5, 0.6) is 5.75 Å². The Labute approximate surface area is 92.1 Å². The minimum atomic E-state index is -0.223. The summed E-state index contributed by atoms with van der Waals surface area (Å²) in [5, 5.41) is 1.99. The van der Waals surface area contributed by atoms with E-state index >= 15 is 0 Å². The van der Waals surface area contributed by atoms with E-state index in [1.165, 1.54) is 6.07 Å². The summed E-state index contributed by atoms with van der Waals surface area (Å²) in [7, 11) is 0. The maximum Gasteiger partial charge on any atom is 0.129 e. The molecule has 1 heterocycles. The van der Waals surface area contributed by atoms with Gasteiger partial charge in [0.1, 0.15) is 18.2 Å². The number of thiophene rings is 1. The van der Waals surface area contributed by atoms with E-state index in [0.29, 0.717) is 17.9 Å². The Hall–Kier alpha value is -1.35. The highest BCUT2D eigenvalue weighted by Crippen LogP contribution is 2.18. The van der Waals surface area contributed by atoms with Gasteiger partial charge in [-0.2, -0.15) is 0 Å². The molecule has 0 radical (unpaired) electrons. The molecule has 78 valence electrons. The fourth-order valence-electron chi connectivity index (χ4n) is 1.21. The minimum absolute atomic E-state index is 0.223. The van der Waals surface area contributed by atoms with Crippen LogP contribution in [0.2, 0.25) is 0 Å². The van der Waals surface area contributed by atoms with Crippen molar-refractivity contribution >= 4 is 11.3 Å². The van der Waals surface area contributed by atoms with Crippen molar-refractivity contribution in [2.24, 2.45) is 0 Å². The summed E-state index contributed by atoms with van der Waals surface area (Å²) in [6, 6.07) is 8.89. The van der Waals surface area contributed by atoms with Gasteiger partial charge in [-0.05, 0) is 30.0 Å². The van der Waals surface area contributed by atoms with Gasteiger partial charge in [0.2, 0.25) is 0 Å². The van der Waals surface area contributed by atoms with E-state index in [9.17, 15) is 4.39 Å². The maximum absolute atomic E-state index is 13.2. The number of rotatable bonds is 3. The van der Waals surface area contributed by atoms with Crippen molar-refractivity contribution in [2.45, 2.75) is 13.5 Å². The van der Waals surface area contributed by atoms with Crippen LogP contribution in [0.25, 0.3) is 0 Å². The number of halogens is 1. The monoisotopic (exact) mass is 222 g/mol. The fourth-order valence-corrected chi connectivity index (χ4v) is 1.83. The first kappa shape index (κ1) is 10.2. The van der Waals surface area contributed by atoms with Crippen molar-refractivity contribution in [1.82, 2.24) is 0 Å². The Morgan fingerprint density at radius 3 is 2.87 bits per heavy atom. The van der Waals surface area contributed by atoms with Gasteiger partial charge >= 0.3 is 0 Å². The quantitative estimate of drug-likeness (QED) is 0.768. The Balaban J connectivity index is 2.02. The first-order valence-electron chi connectivity index (χ1n) is 4.67. The van der Waals surface area contributed by atoms with Gasteiger partial charge in [-0.15, -0.1) is 11.3 Å². The second-order valence-electron chi connectivity index (χ2n) is 3.28. The highest BCUT2D eigenvalue weighted by Gasteiger charge is 2.00. The molecule has 2 aromatic rings. The summed E-state index contributed by atoms with van der Waals surface area (Å²) in [6.45, 7) is 2.23. The van der Waals surface area contributed by atoms with Crippen LogP contribution in [0.3, 0.4) is 0 Å². The lowest BCUT2D eigenvalue weighted by Crippen LogP contribution is -1.93.